The number of hydrogen-bond acceptors (Lipinski definition) is 4. The highest BCUT2D eigenvalue weighted by molar-refractivity contribution is 5.72. The van der Waals surface area contributed by atoms with E-state index in [1.165, 1.54) is 0 Å². The monoisotopic (exact) mass is 230 g/mol. The van der Waals surface area contributed by atoms with E-state index in [1.54, 1.807) is 0 Å². The van der Waals surface area contributed by atoms with Gasteiger partial charge in [0, 0.05) is 6.42 Å². The van der Waals surface area contributed by atoms with Crippen LogP contribution in [0.2, 0.25) is 0 Å². The molecule has 0 aromatic heterocycles. The number of carbonyl (C=O) groups is 1. The van der Waals surface area contributed by atoms with Gasteiger partial charge in [-0.2, -0.15) is 0 Å². The Morgan fingerprint density at radius 2 is 1.94 bits per heavy atom. The van der Waals surface area contributed by atoms with Crippen LogP contribution in [0.4, 0.5) is 0 Å². The molecule has 1 atom stereocenters. The van der Waals surface area contributed by atoms with Crippen molar-refractivity contribution < 1.29 is 19.0 Å². The molecule has 0 bridgehead atoms. The standard InChI is InChI=1S/C12H22O4/c1-4-10(11(13)14-6-3)9-12(5-2)15-7-8-16-12/h10H,4-9H2,1-3H3. The summed E-state index contributed by atoms with van der Waals surface area (Å²) >= 11 is 0. The zero-order chi connectivity index (χ0) is 12.0. The van der Waals surface area contributed by atoms with Crippen LogP contribution in [-0.2, 0) is 19.0 Å². The van der Waals surface area contributed by atoms with Crippen LogP contribution in [0.5, 0.6) is 0 Å². The van der Waals surface area contributed by atoms with Gasteiger partial charge in [-0.3, -0.25) is 4.79 Å². The third kappa shape index (κ3) is 3.19. The van der Waals surface area contributed by atoms with Crippen molar-refractivity contribution in [1.29, 1.82) is 0 Å². The summed E-state index contributed by atoms with van der Waals surface area (Å²) in [4.78, 5) is 11.7. The first kappa shape index (κ1) is 13.5. The molecule has 1 rings (SSSR count). The van der Waals surface area contributed by atoms with E-state index in [4.69, 9.17) is 14.2 Å². The summed E-state index contributed by atoms with van der Waals surface area (Å²) in [6.07, 6.45) is 2.12. The molecule has 0 radical (unpaired) electrons. The van der Waals surface area contributed by atoms with Gasteiger partial charge in [-0.1, -0.05) is 13.8 Å². The van der Waals surface area contributed by atoms with E-state index >= 15 is 0 Å². The van der Waals surface area contributed by atoms with E-state index in [0.29, 0.717) is 26.2 Å². The zero-order valence-electron chi connectivity index (χ0n) is 10.5. The highest BCUT2D eigenvalue weighted by Crippen LogP contribution is 2.32. The fraction of sp³-hybridized carbons (Fsp3) is 0.917. The van der Waals surface area contributed by atoms with Crippen LogP contribution in [0.3, 0.4) is 0 Å². The van der Waals surface area contributed by atoms with Crippen molar-refractivity contribution in [2.45, 2.75) is 45.8 Å². The van der Waals surface area contributed by atoms with Crippen LogP contribution in [-0.4, -0.2) is 31.6 Å². The van der Waals surface area contributed by atoms with Gasteiger partial charge < -0.3 is 14.2 Å². The van der Waals surface area contributed by atoms with Crippen LogP contribution in [0.25, 0.3) is 0 Å². The molecule has 1 unspecified atom stereocenters. The molecule has 1 heterocycles. The van der Waals surface area contributed by atoms with Crippen LogP contribution >= 0.6 is 0 Å². The van der Waals surface area contributed by atoms with Gasteiger partial charge in [-0.05, 0) is 19.8 Å². The topological polar surface area (TPSA) is 44.8 Å². The Bertz CT molecular complexity index is 221. The number of esters is 1. The normalized spacial score (nSPS) is 20.7. The summed E-state index contributed by atoms with van der Waals surface area (Å²) in [5.74, 6) is -0.831. The lowest BCUT2D eigenvalue weighted by Gasteiger charge is -2.29. The number of carbonyl (C=O) groups excluding carboxylic acids is 1. The first-order valence-electron chi connectivity index (χ1n) is 6.12. The second-order valence-electron chi connectivity index (χ2n) is 4.02. The van der Waals surface area contributed by atoms with E-state index < -0.39 is 5.79 Å². The number of rotatable bonds is 6. The first-order valence-corrected chi connectivity index (χ1v) is 6.12. The Morgan fingerprint density at radius 3 is 2.38 bits per heavy atom. The van der Waals surface area contributed by atoms with E-state index in [0.717, 1.165) is 12.8 Å². The molecule has 1 aliphatic heterocycles. The Labute approximate surface area is 97.2 Å². The SMILES string of the molecule is CCOC(=O)C(CC)CC1(CC)OCCO1. The fourth-order valence-corrected chi connectivity index (χ4v) is 1.99. The quantitative estimate of drug-likeness (QED) is 0.656. The molecule has 1 aliphatic rings. The van der Waals surface area contributed by atoms with Crippen molar-refractivity contribution in [1.82, 2.24) is 0 Å². The molecule has 0 aromatic rings. The molecule has 0 saturated carbocycles. The predicted molar refractivity (Wildman–Crippen MR) is 60.0 cm³/mol. The average molecular weight is 230 g/mol. The second kappa shape index (κ2) is 6.21. The van der Waals surface area contributed by atoms with Crippen molar-refractivity contribution in [3.63, 3.8) is 0 Å². The van der Waals surface area contributed by atoms with Crippen LogP contribution in [0.1, 0.15) is 40.0 Å². The van der Waals surface area contributed by atoms with Crippen molar-refractivity contribution in [3.8, 4) is 0 Å². The van der Waals surface area contributed by atoms with E-state index in [2.05, 4.69) is 0 Å². The zero-order valence-corrected chi connectivity index (χ0v) is 10.5. The van der Waals surface area contributed by atoms with Gasteiger partial charge in [-0.15, -0.1) is 0 Å². The lowest BCUT2D eigenvalue weighted by Crippen LogP contribution is -2.35. The Balaban J connectivity index is 2.57. The maximum absolute atomic E-state index is 11.7. The smallest absolute Gasteiger partial charge is 0.309 e. The minimum absolute atomic E-state index is 0.127. The minimum Gasteiger partial charge on any atom is -0.466 e. The largest absolute Gasteiger partial charge is 0.466 e. The van der Waals surface area contributed by atoms with Gasteiger partial charge in [0.2, 0.25) is 0 Å². The Kier molecular flexibility index (Phi) is 5.22. The predicted octanol–water partition coefficient (Wildman–Crippen LogP) is 2.12. The molecule has 0 aliphatic carbocycles. The van der Waals surface area contributed by atoms with E-state index in [-0.39, 0.29) is 11.9 Å². The van der Waals surface area contributed by atoms with Crippen LogP contribution in [0, 0.1) is 5.92 Å². The van der Waals surface area contributed by atoms with Gasteiger partial charge in [-0.25, -0.2) is 0 Å². The molecule has 0 N–H and O–H groups in total. The molecular weight excluding hydrogens is 208 g/mol. The third-order valence-electron chi connectivity index (χ3n) is 3.02. The maximum Gasteiger partial charge on any atom is 0.309 e. The molecule has 4 heteroatoms. The highest BCUT2D eigenvalue weighted by Gasteiger charge is 2.38. The summed E-state index contributed by atoms with van der Waals surface area (Å²) in [5, 5.41) is 0. The van der Waals surface area contributed by atoms with Gasteiger partial charge >= 0.3 is 5.97 Å². The minimum atomic E-state index is -0.562. The Hall–Kier alpha value is -0.610. The average Bonchev–Trinajstić information content (AvgIpc) is 2.75. The number of ether oxygens (including phenoxy) is 3. The summed E-state index contributed by atoms with van der Waals surface area (Å²) in [6, 6.07) is 0. The van der Waals surface area contributed by atoms with Crippen LogP contribution in [0.15, 0.2) is 0 Å². The van der Waals surface area contributed by atoms with Crippen molar-refractivity contribution in [2.24, 2.45) is 5.92 Å². The van der Waals surface area contributed by atoms with Crippen molar-refractivity contribution in [3.05, 3.63) is 0 Å². The van der Waals surface area contributed by atoms with E-state index in [9.17, 15) is 4.79 Å². The van der Waals surface area contributed by atoms with Gasteiger partial charge in [0.25, 0.3) is 0 Å². The van der Waals surface area contributed by atoms with Gasteiger partial charge in [0.1, 0.15) is 0 Å². The summed E-state index contributed by atoms with van der Waals surface area (Å²) in [6.45, 7) is 7.49. The lowest BCUT2D eigenvalue weighted by atomic mass is 9.95. The van der Waals surface area contributed by atoms with Gasteiger partial charge in [0.05, 0.1) is 25.7 Å². The molecule has 4 nitrogen and oxygen atoms in total. The summed E-state index contributed by atoms with van der Waals surface area (Å²) < 4.78 is 16.3. The van der Waals surface area contributed by atoms with Gasteiger partial charge in [0.15, 0.2) is 5.79 Å². The highest BCUT2D eigenvalue weighted by atomic mass is 16.7. The molecule has 0 aromatic carbocycles. The first-order chi connectivity index (χ1) is 7.67. The maximum atomic E-state index is 11.7. The third-order valence-corrected chi connectivity index (χ3v) is 3.02. The molecule has 94 valence electrons. The molecule has 16 heavy (non-hydrogen) atoms. The summed E-state index contributed by atoms with van der Waals surface area (Å²) in [5.41, 5.74) is 0. The molecule has 1 saturated heterocycles. The number of hydrogen-bond donors (Lipinski definition) is 0. The Morgan fingerprint density at radius 1 is 1.31 bits per heavy atom. The second-order valence-corrected chi connectivity index (χ2v) is 4.02. The van der Waals surface area contributed by atoms with Crippen LogP contribution < -0.4 is 0 Å². The fourth-order valence-electron chi connectivity index (χ4n) is 1.99. The molecular formula is C12H22O4. The lowest BCUT2D eigenvalue weighted by molar-refractivity contribution is -0.181. The molecule has 1 fully saturated rings. The molecule has 0 spiro atoms. The van der Waals surface area contributed by atoms with Crippen molar-refractivity contribution >= 4 is 5.97 Å². The van der Waals surface area contributed by atoms with Crippen molar-refractivity contribution in [2.75, 3.05) is 19.8 Å². The van der Waals surface area contributed by atoms with E-state index in [1.807, 2.05) is 20.8 Å². The summed E-state index contributed by atoms with van der Waals surface area (Å²) in [7, 11) is 0. The molecule has 0 amide bonds.